The van der Waals surface area contributed by atoms with E-state index in [1.807, 2.05) is 35.2 Å². The number of amides is 3. The summed E-state index contributed by atoms with van der Waals surface area (Å²) in [5.41, 5.74) is 0.708. The Hall–Kier alpha value is -2.08. The zero-order valence-corrected chi connectivity index (χ0v) is 15.9. The van der Waals surface area contributed by atoms with Crippen LogP contribution in [0, 0.1) is 5.41 Å². The number of ether oxygens (including phenoxy) is 1. The first-order chi connectivity index (χ1) is 13.2. The van der Waals surface area contributed by atoms with Crippen LogP contribution in [0.25, 0.3) is 0 Å². The molecule has 0 aromatic heterocycles. The molecule has 0 bridgehead atoms. The number of piperidine rings is 1. The van der Waals surface area contributed by atoms with Gasteiger partial charge in [-0.2, -0.15) is 0 Å². The van der Waals surface area contributed by atoms with Crippen LogP contribution in [0.3, 0.4) is 0 Å². The summed E-state index contributed by atoms with van der Waals surface area (Å²) >= 11 is 0. The highest BCUT2D eigenvalue weighted by Crippen LogP contribution is 2.41. The number of carbonyl (C=O) groups excluding carboxylic acids is 2. The van der Waals surface area contributed by atoms with Crippen LogP contribution in [0.5, 0.6) is 0 Å². The summed E-state index contributed by atoms with van der Waals surface area (Å²) in [5, 5.41) is 3.00. The third-order valence-corrected chi connectivity index (χ3v) is 6.33. The monoisotopic (exact) mass is 371 g/mol. The van der Waals surface area contributed by atoms with E-state index in [1.165, 1.54) is 0 Å². The molecule has 3 amide bonds. The second kappa shape index (κ2) is 7.89. The van der Waals surface area contributed by atoms with Crippen LogP contribution in [0.4, 0.5) is 4.79 Å². The number of hydrogen-bond acceptors (Lipinski definition) is 3. The predicted octanol–water partition coefficient (Wildman–Crippen LogP) is 2.39. The fraction of sp³-hybridized carbons (Fsp3) is 0.619. The molecule has 3 aliphatic rings. The molecule has 0 aliphatic carbocycles. The van der Waals surface area contributed by atoms with Gasteiger partial charge in [0.25, 0.3) is 0 Å². The lowest BCUT2D eigenvalue weighted by Crippen LogP contribution is -2.55. The number of nitrogens with one attached hydrogen (secondary N) is 1. The van der Waals surface area contributed by atoms with Gasteiger partial charge in [-0.05, 0) is 37.7 Å². The second-order valence-corrected chi connectivity index (χ2v) is 8.04. The van der Waals surface area contributed by atoms with Crippen LogP contribution in [-0.4, -0.2) is 60.6 Å². The number of likely N-dealkylation sites (tertiary alicyclic amines) is 2. The molecule has 3 aliphatic heterocycles. The molecule has 3 fully saturated rings. The van der Waals surface area contributed by atoms with Crippen LogP contribution in [-0.2, 0) is 16.1 Å². The molecular formula is C21H29N3O3. The van der Waals surface area contributed by atoms with Crippen LogP contribution in [0.15, 0.2) is 30.3 Å². The largest absolute Gasteiger partial charge is 0.381 e. The van der Waals surface area contributed by atoms with Gasteiger partial charge in [-0.3, -0.25) is 4.79 Å². The first-order valence-electron chi connectivity index (χ1n) is 10.1. The molecular weight excluding hydrogens is 342 g/mol. The zero-order chi connectivity index (χ0) is 18.7. The summed E-state index contributed by atoms with van der Waals surface area (Å²) in [5.74, 6) is 0.263. The molecule has 0 radical (unpaired) electrons. The van der Waals surface area contributed by atoms with E-state index in [4.69, 9.17) is 4.74 Å². The summed E-state index contributed by atoms with van der Waals surface area (Å²) in [7, 11) is 0. The number of nitrogens with zero attached hydrogens (tertiary/aromatic N) is 2. The minimum Gasteiger partial charge on any atom is -0.381 e. The fourth-order valence-electron chi connectivity index (χ4n) is 4.76. The highest BCUT2D eigenvalue weighted by molar-refractivity contribution is 5.86. The van der Waals surface area contributed by atoms with Gasteiger partial charge in [0.15, 0.2) is 0 Å². The van der Waals surface area contributed by atoms with Gasteiger partial charge in [0.05, 0.1) is 5.41 Å². The molecule has 0 saturated carbocycles. The highest BCUT2D eigenvalue weighted by atomic mass is 16.5. The number of hydrogen-bond donors (Lipinski definition) is 1. The molecule has 1 aromatic carbocycles. The Morgan fingerprint density at radius 3 is 2.70 bits per heavy atom. The van der Waals surface area contributed by atoms with Crippen molar-refractivity contribution < 1.29 is 14.3 Å². The average Bonchev–Trinajstić information content (AvgIpc) is 3.15. The van der Waals surface area contributed by atoms with Crippen molar-refractivity contribution in [3.63, 3.8) is 0 Å². The van der Waals surface area contributed by atoms with Gasteiger partial charge in [0.2, 0.25) is 5.91 Å². The lowest BCUT2D eigenvalue weighted by molar-refractivity contribution is -0.150. The minimum atomic E-state index is -0.374. The van der Waals surface area contributed by atoms with Crippen molar-refractivity contribution in [3.05, 3.63) is 35.9 Å². The molecule has 6 nitrogen and oxygen atoms in total. The Balaban J connectivity index is 1.36. The van der Waals surface area contributed by atoms with E-state index in [0.29, 0.717) is 25.7 Å². The van der Waals surface area contributed by atoms with Gasteiger partial charge in [0, 0.05) is 45.4 Å². The molecule has 1 atom stereocenters. The smallest absolute Gasteiger partial charge is 0.317 e. The molecule has 27 heavy (non-hydrogen) atoms. The van der Waals surface area contributed by atoms with E-state index in [2.05, 4.69) is 10.2 Å². The molecule has 1 aromatic rings. The molecule has 6 heteroatoms. The quantitative estimate of drug-likeness (QED) is 0.887. The number of benzene rings is 1. The van der Waals surface area contributed by atoms with Crippen molar-refractivity contribution in [1.82, 2.24) is 15.1 Å². The van der Waals surface area contributed by atoms with Gasteiger partial charge >= 0.3 is 6.03 Å². The van der Waals surface area contributed by atoms with Gasteiger partial charge < -0.3 is 19.9 Å². The van der Waals surface area contributed by atoms with E-state index < -0.39 is 0 Å². The van der Waals surface area contributed by atoms with Crippen LogP contribution < -0.4 is 5.32 Å². The van der Waals surface area contributed by atoms with E-state index in [-0.39, 0.29) is 17.4 Å². The molecule has 1 spiro atoms. The van der Waals surface area contributed by atoms with E-state index in [9.17, 15) is 9.59 Å². The van der Waals surface area contributed by atoms with Crippen molar-refractivity contribution in [1.29, 1.82) is 0 Å². The normalized spacial score (nSPS) is 26.6. The SMILES string of the molecule is O=C(NCc1ccccc1)N1CC[C@]2(CCCN(C3CCOCC3)C2=O)C1. The molecule has 4 rings (SSSR count). The second-order valence-electron chi connectivity index (χ2n) is 8.04. The Morgan fingerprint density at radius 2 is 1.93 bits per heavy atom. The number of rotatable bonds is 3. The first-order valence-corrected chi connectivity index (χ1v) is 10.1. The summed E-state index contributed by atoms with van der Waals surface area (Å²) in [6.07, 6.45) is 4.58. The maximum atomic E-state index is 13.3. The number of carbonyl (C=O) groups is 2. The zero-order valence-electron chi connectivity index (χ0n) is 15.9. The minimum absolute atomic E-state index is 0.0632. The van der Waals surface area contributed by atoms with Crippen molar-refractivity contribution >= 4 is 11.9 Å². The summed E-state index contributed by atoms with van der Waals surface area (Å²) < 4.78 is 5.46. The third-order valence-electron chi connectivity index (χ3n) is 6.33. The van der Waals surface area contributed by atoms with Gasteiger partial charge in [-0.15, -0.1) is 0 Å². The van der Waals surface area contributed by atoms with Crippen molar-refractivity contribution in [2.75, 3.05) is 32.8 Å². The Labute approximate surface area is 160 Å². The number of urea groups is 1. The van der Waals surface area contributed by atoms with E-state index >= 15 is 0 Å². The molecule has 1 N–H and O–H groups in total. The standard InChI is InChI=1S/C21H29N3O3/c25-19-21(9-4-11-24(19)18-7-13-27-14-8-18)10-12-23(16-21)20(26)22-15-17-5-2-1-3-6-17/h1-3,5-6,18H,4,7-16H2,(H,22,26)/t21-/m1/s1. The molecule has 3 heterocycles. The van der Waals surface area contributed by atoms with Crippen molar-refractivity contribution in [2.24, 2.45) is 5.41 Å². The Kier molecular flexibility index (Phi) is 5.34. The lowest BCUT2D eigenvalue weighted by atomic mass is 9.77. The topological polar surface area (TPSA) is 61.9 Å². The summed E-state index contributed by atoms with van der Waals surface area (Å²) in [4.78, 5) is 29.9. The van der Waals surface area contributed by atoms with Gasteiger partial charge in [0.1, 0.15) is 0 Å². The van der Waals surface area contributed by atoms with Crippen molar-refractivity contribution in [3.8, 4) is 0 Å². The molecule has 146 valence electrons. The maximum Gasteiger partial charge on any atom is 0.317 e. The van der Waals surface area contributed by atoms with Crippen molar-refractivity contribution in [2.45, 2.75) is 44.7 Å². The Bertz CT molecular complexity index is 675. The Morgan fingerprint density at radius 1 is 1.15 bits per heavy atom. The first kappa shape index (κ1) is 18.3. The molecule has 0 unspecified atom stereocenters. The van der Waals surface area contributed by atoms with Crippen LogP contribution in [0.2, 0.25) is 0 Å². The summed E-state index contributed by atoms with van der Waals surface area (Å²) in [6, 6.07) is 10.2. The van der Waals surface area contributed by atoms with Crippen LogP contribution in [0.1, 0.15) is 37.7 Å². The highest BCUT2D eigenvalue weighted by Gasteiger charge is 2.50. The maximum absolute atomic E-state index is 13.3. The predicted molar refractivity (Wildman–Crippen MR) is 102 cm³/mol. The molecule has 3 saturated heterocycles. The van der Waals surface area contributed by atoms with Gasteiger partial charge in [-0.25, -0.2) is 4.79 Å². The average molecular weight is 371 g/mol. The van der Waals surface area contributed by atoms with E-state index in [1.54, 1.807) is 0 Å². The van der Waals surface area contributed by atoms with Crippen LogP contribution >= 0.6 is 0 Å². The van der Waals surface area contributed by atoms with E-state index in [0.717, 1.165) is 57.4 Å². The fourth-order valence-corrected chi connectivity index (χ4v) is 4.76. The summed E-state index contributed by atoms with van der Waals surface area (Å²) in [6.45, 7) is 4.07. The lowest BCUT2D eigenvalue weighted by Gasteiger charge is -2.44. The third kappa shape index (κ3) is 3.81. The van der Waals surface area contributed by atoms with Gasteiger partial charge in [-0.1, -0.05) is 30.3 Å².